The van der Waals surface area contributed by atoms with Crippen molar-refractivity contribution in [1.29, 1.82) is 0 Å². The summed E-state index contributed by atoms with van der Waals surface area (Å²) in [6.45, 7) is 9.94. The summed E-state index contributed by atoms with van der Waals surface area (Å²) in [6.07, 6.45) is 3.45. The fraction of sp³-hybridized carbons (Fsp3) is 0.714. The quantitative estimate of drug-likeness (QED) is 0.832. The minimum atomic E-state index is -0.888. The van der Waals surface area contributed by atoms with E-state index in [-0.39, 0.29) is 0 Å². The Kier molecular flexibility index (Phi) is 5.11. The Bertz CT molecular complexity index is 421. The SMILES string of the molecule is CCCn1cc(C(O)C(C)C(=O)OC(C)(C)C)cn1. The van der Waals surface area contributed by atoms with E-state index in [1.54, 1.807) is 24.0 Å². The Labute approximate surface area is 114 Å². The molecular formula is C14H24N2O3. The monoisotopic (exact) mass is 268 g/mol. The van der Waals surface area contributed by atoms with E-state index in [0.717, 1.165) is 13.0 Å². The van der Waals surface area contributed by atoms with Gasteiger partial charge < -0.3 is 9.84 Å². The molecule has 0 saturated carbocycles. The summed E-state index contributed by atoms with van der Waals surface area (Å²) in [5, 5.41) is 14.3. The maximum Gasteiger partial charge on any atom is 0.312 e. The second kappa shape index (κ2) is 6.19. The Hall–Kier alpha value is -1.36. The van der Waals surface area contributed by atoms with E-state index in [1.807, 2.05) is 20.8 Å². The van der Waals surface area contributed by atoms with Crippen LogP contribution in [-0.4, -0.2) is 26.5 Å². The highest BCUT2D eigenvalue weighted by atomic mass is 16.6. The molecule has 0 spiro atoms. The second-order valence-electron chi connectivity index (χ2n) is 5.80. The summed E-state index contributed by atoms with van der Waals surface area (Å²) in [5.41, 5.74) is 0.101. The van der Waals surface area contributed by atoms with Crippen LogP contribution in [0.4, 0.5) is 0 Å². The molecule has 0 aromatic carbocycles. The lowest BCUT2D eigenvalue weighted by Gasteiger charge is -2.24. The number of nitrogens with zero attached hydrogens (tertiary/aromatic N) is 2. The smallest absolute Gasteiger partial charge is 0.312 e. The molecule has 0 fully saturated rings. The number of carbonyl (C=O) groups excluding carboxylic acids is 1. The van der Waals surface area contributed by atoms with E-state index in [0.29, 0.717) is 5.56 Å². The summed E-state index contributed by atoms with van der Waals surface area (Å²) in [4.78, 5) is 11.9. The highest BCUT2D eigenvalue weighted by Gasteiger charge is 2.29. The van der Waals surface area contributed by atoms with Crippen molar-refractivity contribution >= 4 is 5.97 Å². The van der Waals surface area contributed by atoms with Crippen LogP contribution in [0.1, 0.15) is 52.7 Å². The number of aromatic nitrogens is 2. The molecule has 19 heavy (non-hydrogen) atoms. The van der Waals surface area contributed by atoms with E-state index in [2.05, 4.69) is 12.0 Å². The van der Waals surface area contributed by atoms with Crippen molar-refractivity contribution in [2.24, 2.45) is 5.92 Å². The van der Waals surface area contributed by atoms with Crippen molar-refractivity contribution in [2.45, 2.75) is 59.3 Å². The zero-order chi connectivity index (χ0) is 14.6. The molecule has 0 amide bonds. The number of rotatable bonds is 5. The van der Waals surface area contributed by atoms with Crippen LogP contribution >= 0.6 is 0 Å². The van der Waals surface area contributed by atoms with Crippen LogP contribution in [0.15, 0.2) is 12.4 Å². The van der Waals surface area contributed by atoms with E-state index in [4.69, 9.17) is 4.74 Å². The first kappa shape index (κ1) is 15.7. The van der Waals surface area contributed by atoms with E-state index >= 15 is 0 Å². The summed E-state index contributed by atoms with van der Waals surface area (Å²) >= 11 is 0. The third-order valence-electron chi connectivity index (χ3n) is 2.70. The molecule has 0 aliphatic heterocycles. The number of aliphatic hydroxyl groups excluding tert-OH is 1. The third kappa shape index (κ3) is 4.67. The lowest BCUT2D eigenvalue weighted by atomic mass is 10.00. The van der Waals surface area contributed by atoms with Gasteiger partial charge in [-0.25, -0.2) is 0 Å². The van der Waals surface area contributed by atoms with Gasteiger partial charge in [-0.1, -0.05) is 6.92 Å². The highest BCUT2D eigenvalue weighted by molar-refractivity contribution is 5.73. The van der Waals surface area contributed by atoms with Crippen LogP contribution in [0, 0.1) is 5.92 Å². The number of aliphatic hydroxyl groups is 1. The Morgan fingerprint density at radius 3 is 2.68 bits per heavy atom. The van der Waals surface area contributed by atoms with Crippen LogP contribution in [0.5, 0.6) is 0 Å². The van der Waals surface area contributed by atoms with Gasteiger partial charge in [0.1, 0.15) is 5.60 Å². The first-order valence-electron chi connectivity index (χ1n) is 6.68. The predicted molar refractivity (Wildman–Crippen MR) is 72.5 cm³/mol. The average Bonchev–Trinajstić information content (AvgIpc) is 2.74. The molecule has 2 unspecified atom stereocenters. The Morgan fingerprint density at radius 1 is 1.53 bits per heavy atom. The third-order valence-corrected chi connectivity index (χ3v) is 2.70. The standard InChI is InChI=1S/C14H24N2O3/c1-6-7-16-9-11(8-15-16)12(17)10(2)13(18)19-14(3,4)5/h8-10,12,17H,6-7H2,1-5H3. The average molecular weight is 268 g/mol. The van der Waals surface area contributed by atoms with Crippen molar-refractivity contribution < 1.29 is 14.6 Å². The van der Waals surface area contributed by atoms with E-state index < -0.39 is 23.6 Å². The summed E-state index contributed by atoms with van der Waals surface area (Å²) in [5.74, 6) is -1.01. The van der Waals surface area contributed by atoms with Crippen LogP contribution in [0.3, 0.4) is 0 Å². The number of hydrogen-bond acceptors (Lipinski definition) is 4. The molecule has 2 atom stereocenters. The fourth-order valence-corrected chi connectivity index (χ4v) is 1.70. The maximum atomic E-state index is 11.9. The fourth-order valence-electron chi connectivity index (χ4n) is 1.70. The maximum absolute atomic E-state index is 11.9. The molecule has 5 nitrogen and oxygen atoms in total. The van der Waals surface area contributed by atoms with Gasteiger partial charge >= 0.3 is 5.97 Å². The summed E-state index contributed by atoms with van der Waals surface area (Å²) in [6, 6.07) is 0. The molecule has 1 aromatic heterocycles. The second-order valence-corrected chi connectivity index (χ2v) is 5.80. The Balaban J connectivity index is 2.69. The van der Waals surface area contributed by atoms with Gasteiger partial charge in [0.25, 0.3) is 0 Å². The topological polar surface area (TPSA) is 64.4 Å². The van der Waals surface area contributed by atoms with Crippen LogP contribution in [-0.2, 0) is 16.1 Å². The zero-order valence-corrected chi connectivity index (χ0v) is 12.4. The Morgan fingerprint density at radius 2 is 2.16 bits per heavy atom. The van der Waals surface area contributed by atoms with E-state index in [9.17, 15) is 9.90 Å². The molecule has 108 valence electrons. The normalized spacial score (nSPS) is 15.1. The van der Waals surface area contributed by atoms with Crippen LogP contribution < -0.4 is 0 Å². The highest BCUT2D eigenvalue weighted by Crippen LogP contribution is 2.24. The first-order chi connectivity index (χ1) is 8.74. The lowest BCUT2D eigenvalue weighted by molar-refractivity contribution is -0.163. The number of aryl methyl sites for hydroxylation is 1. The first-order valence-corrected chi connectivity index (χ1v) is 6.68. The molecule has 1 heterocycles. The predicted octanol–water partition coefficient (Wildman–Crippen LogP) is 2.30. The van der Waals surface area contributed by atoms with Gasteiger partial charge in [-0.15, -0.1) is 0 Å². The van der Waals surface area contributed by atoms with Gasteiger partial charge in [-0.3, -0.25) is 9.48 Å². The molecule has 0 saturated heterocycles. The number of hydrogen-bond donors (Lipinski definition) is 1. The van der Waals surface area contributed by atoms with Crippen molar-refractivity contribution in [3.8, 4) is 0 Å². The van der Waals surface area contributed by atoms with Gasteiger partial charge in [-0.05, 0) is 34.1 Å². The molecule has 1 rings (SSSR count). The van der Waals surface area contributed by atoms with Gasteiger partial charge in [-0.2, -0.15) is 5.10 Å². The van der Waals surface area contributed by atoms with Crippen LogP contribution in [0.25, 0.3) is 0 Å². The van der Waals surface area contributed by atoms with Crippen LogP contribution in [0.2, 0.25) is 0 Å². The van der Waals surface area contributed by atoms with Gasteiger partial charge in [0, 0.05) is 18.3 Å². The molecule has 0 aliphatic carbocycles. The number of esters is 1. The van der Waals surface area contributed by atoms with Gasteiger partial charge in [0.05, 0.1) is 18.2 Å². The molecule has 0 aliphatic rings. The van der Waals surface area contributed by atoms with Gasteiger partial charge in [0.2, 0.25) is 0 Å². The minimum Gasteiger partial charge on any atom is -0.460 e. The molecule has 0 bridgehead atoms. The van der Waals surface area contributed by atoms with Crippen molar-refractivity contribution in [1.82, 2.24) is 9.78 Å². The zero-order valence-electron chi connectivity index (χ0n) is 12.4. The number of carbonyl (C=O) groups is 1. The van der Waals surface area contributed by atoms with Crippen molar-refractivity contribution in [3.05, 3.63) is 18.0 Å². The molecular weight excluding hydrogens is 244 g/mol. The number of ether oxygens (including phenoxy) is 1. The lowest BCUT2D eigenvalue weighted by Crippen LogP contribution is -2.30. The molecule has 1 aromatic rings. The van der Waals surface area contributed by atoms with Gasteiger partial charge in [0.15, 0.2) is 0 Å². The largest absolute Gasteiger partial charge is 0.460 e. The molecule has 0 radical (unpaired) electrons. The summed E-state index contributed by atoms with van der Waals surface area (Å²) in [7, 11) is 0. The summed E-state index contributed by atoms with van der Waals surface area (Å²) < 4.78 is 7.03. The van der Waals surface area contributed by atoms with Crippen molar-refractivity contribution in [3.63, 3.8) is 0 Å². The molecule has 1 N–H and O–H groups in total. The van der Waals surface area contributed by atoms with Crippen molar-refractivity contribution in [2.75, 3.05) is 0 Å². The van der Waals surface area contributed by atoms with E-state index in [1.165, 1.54) is 0 Å². The molecule has 5 heteroatoms. The minimum absolute atomic E-state index is 0.400.